The van der Waals surface area contributed by atoms with E-state index in [0.29, 0.717) is 45.8 Å². The number of hydrogen-bond acceptors (Lipinski definition) is 5. The summed E-state index contributed by atoms with van der Waals surface area (Å²) in [5.74, 6) is 0.0164. The summed E-state index contributed by atoms with van der Waals surface area (Å²) in [7, 11) is -3.47. The van der Waals surface area contributed by atoms with E-state index in [-0.39, 0.29) is 23.2 Å². The van der Waals surface area contributed by atoms with Crippen molar-refractivity contribution in [1.82, 2.24) is 9.62 Å². The van der Waals surface area contributed by atoms with Crippen LogP contribution in [0.15, 0.2) is 29.2 Å². The maximum atomic E-state index is 12.6. The van der Waals surface area contributed by atoms with Gasteiger partial charge in [-0.1, -0.05) is 25.0 Å². The number of benzene rings is 1. The van der Waals surface area contributed by atoms with Gasteiger partial charge in [-0.15, -0.1) is 12.4 Å². The molecule has 1 aromatic rings. The molecule has 9 heteroatoms. The van der Waals surface area contributed by atoms with Gasteiger partial charge >= 0.3 is 0 Å². The fourth-order valence-electron chi connectivity index (χ4n) is 2.79. The summed E-state index contributed by atoms with van der Waals surface area (Å²) in [5.41, 5.74) is 6.31. The number of unbranched alkanes of at least 4 members (excludes halogenated alkanes) is 3. The minimum absolute atomic E-state index is 0. The van der Waals surface area contributed by atoms with Crippen molar-refractivity contribution < 1.29 is 17.9 Å². The number of morpholine rings is 1. The Morgan fingerprint density at radius 2 is 1.70 bits per heavy atom. The first-order valence-electron chi connectivity index (χ1n) is 9.17. The maximum absolute atomic E-state index is 12.6. The van der Waals surface area contributed by atoms with Crippen molar-refractivity contribution in [3.63, 3.8) is 0 Å². The molecule has 154 valence electrons. The van der Waals surface area contributed by atoms with Gasteiger partial charge in [-0.2, -0.15) is 4.31 Å². The number of amides is 1. The van der Waals surface area contributed by atoms with Gasteiger partial charge in [0.15, 0.2) is 0 Å². The maximum Gasteiger partial charge on any atom is 0.243 e. The number of hydrogen-bond donors (Lipinski definition) is 2. The highest BCUT2D eigenvalue weighted by Gasteiger charge is 2.25. The van der Waals surface area contributed by atoms with Gasteiger partial charge in [-0.05, 0) is 37.1 Å². The van der Waals surface area contributed by atoms with Crippen LogP contribution in [0, 0.1) is 0 Å². The number of nitrogens with two attached hydrogens (primary N) is 1. The fourth-order valence-corrected chi connectivity index (χ4v) is 4.20. The minimum Gasteiger partial charge on any atom is -0.379 e. The van der Waals surface area contributed by atoms with Crippen molar-refractivity contribution in [1.29, 1.82) is 0 Å². The van der Waals surface area contributed by atoms with Gasteiger partial charge in [-0.3, -0.25) is 4.79 Å². The van der Waals surface area contributed by atoms with Crippen molar-refractivity contribution >= 4 is 28.3 Å². The third kappa shape index (κ3) is 7.75. The predicted octanol–water partition coefficient (Wildman–Crippen LogP) is 1.65. The van der Waals surface area contributed by atoms with Crippen LogP contribution in [-0.4, -0.2) is 51.5 Å². The largest absolute Gasteiger partial charge is 0.379 e. The molecule has 2 rings (SSSR count). The number of nitrogens with zero attached hydrogens (tertiary/aromatic N) is 1. The summed E-state index contributed by atoms with van der Waals surface area (Å²) in [6.45, 7) is 2.71. The van der Waals surface area contributed by atoms with Crippen LogP contribution in [0.4, 0.5) is 0 Å². The Kier molecular flexibility index (Phi) is 10.9. The summed E-state index contributed by atoms with van der Waals surface area (Å²) in [5, 5.41) is 2.87. The van der Waals surface area contributed by atoms with E-state index in [0.717, 1.165) is 31.2 Å². The molecule has 0 unspecified atom stereocenters. The zero-order valence-electron chi connectivity index (χ0n) is 15.6. The first-order valence-corrected chi connectivity index (χ1v) is 10.6. The van der Waals surface area contributed by atoms with Gasteiger partial charge < -0.3 is 15.8 Å². The Labute approximate surface area is 168 Å². The van der Waals surface area contributed by atoms with Gasteiger partial charge in [0, 0.05) is 26.1 Å². The molecule has 0 aromatic heterocycles. The average Bonchev–Trinajstić information content (AvgIpc) is 2.67. The lowest BCUT2D eigenvalue weighted by Crippen LogP contribution is -2.40. The summed E-state index contributed by atoms with van der Waals surface area (Å²) in [6.07, 6.45) is 4.44. The van der Waals surface area contributed by atoms with Crippen molar-refractivity contribution in [3.8, 4) is 0 Å². The number of nitrogens with one attached hydrogen (secondary N) is 1. The van der Waals surface area contributed by atoms with E-state index in [1.807, 2.05) is 0 Å². The van der Waals surface area contributed by atoms with E-state index in [2.05, 4.69) is 5.32 Å². The lowest BCUT2D eigenvalue weighted by atomic mass is 10.1. The van der Waals surface area contributed by atoms with Gasteiger partial charge in [-0.25, -0.2) is 8.42 Å². The molecule has 1 saturated heterocycles. The molecule has 0 saturated carbocycles. The molecule has 7 nitrogen and oxygen atoms in total. The first-order chi connectivity index (χ1) is 12.5. The summed E-state index contributed by atoms with van der Waals surface area (Å²) in [6, 6.07) is 6.68. The highest BCUT2D eigenvalue weighted by Crippen LogP contribution is 2.17. The Morgan fingerprint density at radius 1 is 1.07 bits per heavy atom. The predicted molar refractivity (Wildman–Crippen MR) is 107 cm³/mol. The van der Waals surface area contributed by atoms with E-state index >= 15 is 0 Å². The average molecular weight is 420 g/mol. The molecule has 0 atom stereocenters. The monoisotopic (exact) mass is 419 g/mol. The van der Waals surface area contributed by atoms with Crippen LogP contribution in [0.2, 0.25) is 0 Å². The van der Waals surface area contributed by atoms with Crippen LogP contribution in [0.1, 0.15) is 37.7 Å². The van der Waals surface area contributed by atoms with Gasteiger partial charge in [0.1, 0.15) is 0 Å². The van der Waals surface area contributed by atoms with E-state index in [1.165, 1.54) is 4.31 Å². The molecule has 1 aromatic carbocycles. The second kappa shape index (κ2) is 12.3. The molecule has 0 aliphatic carbocycles. The first kappa shape index (κ1) is 23.8. The SMILES string of the molecule is Cl.NCCCCCCC(=O)NCc1ccc(S(=O)(=O)N2CCOCC2)cc1. The smallest absolute Gasteiger partial charge is 0.243 e. The molecule has 1 amide bonds. The van der Waals surface area contributed by atoms with E-state index in [1.54, 1.807) is 24.3 Å². The quantitative estimate of drug-likeness (QED) is 0.561. The standard InChI is InChI=1S/C18H29N3O4S.ClH/c19-10-4-2-1-3-5-18(22)20-15-16-6-8-17(9-7-16)26(23,24)21-11-13-25-14-12-21;/h6-9H,1-5,10-15,19H2,(H,20,22);1H. The summed E-state index contributed by atoms with van der Waals surface area (Å²) < 4.78 is 31.7. The number of carbonyl (C=O) groups is 1. The molecule has 1 fully saturated rings. The third-order valence-corrected chi connectivity index (χ3v) is 6.29. The minimum atomic E-state index is -3.47. The van der Waals surface area contributed by atoms with Crippen LogP contribution in [0.25, 0.3) is 0 Å². The van der Waals surface area contributed by atoms with Crippen molar-refractivity contribution in [3.05, 3.63) is 29.8 Å². The van der Waals surface area contributed by atoms with Gasteiger partial charge in [0.2, 0.25) is 15.9 Å². The highest BCUT2D eigenvalue weighted by atomic mass is 35.5. The summed E-state index contributed by atoms with van der Waals surface area (Å²) >= 11 is 0. The molecule has 0 radical (unpaired) electrons. The molecule has 0 bridgehead atoms. The topological polar surface area (TPSA) is 102 Å². The number of sulfonamides is 1. The van der Waals surface area contributed by atoms with Crippen molar-refractivity contribution in [2.24, 2.45) is 5.73 Å². The third-order valence-electron chi connectivity index (χ3n) is 4.38. The molecule has 27 heavy (non-hydrogen) atoms. The normalized spacial score (nSPS) is 15.1. The lowest BCUT2D eigenvalue weighted by molar-refractivity contribution is -0.121. The Hall–Kier alpha value is -1.19. The number of ether oxygens (including phenoxy) is 1. The second-order valence-corrected chi connectivity index (χ2v) is 8.33. The molecular weight excluding hydrogens is 390 g/mol. The zero-order valence-corrected chi connectivity index (χ0v) is 17.2. The zero-order chi connectivity index (χ0) is 18.8. The number of halogens is 1. The molecule has 0 spiro atoms. The molecular formula is C18H30ClN3O4S. The number of rotatable bonds is 10. The molecule has 1 aliphatic rings. The highest BCUT2D eigenvalue weighted by molar-refractivity contribution is 7.89. The van der Waals surface area contributed by atoms with Crippen LogP contribution in [0.3, 0.4) is 0 Å². The Bertz CT molecular complexity index is 662. The van der Waals surface area contributed by atoms with Crippen LogP contribution >= 0.6 is 12.4 Å². The Morgan fingerprint density at radius 3 is 2.33 bits per heavy atom. The van der Waals surface area contributed by atoms with E-state index in [9.17, 15) is 13.2 Å². The molecule has 1 aliphatic heterocycles. The van der Waals surface area contributed by atoms with Crippen LogP contribution in [0.5, 0.6) is 0 Å². The van der Waals surface area contributed by atoms with Gasteiger partial charge in [0.25, 0.3) is 0 Å². The van der Waals surface area contributed by atoms with Crippen molar-refractivity contribution in [2.45, 2.75) is 43.5 Å². The van der Waals surface area contributed by atoms with Gasteiger partial charge in [0.05, 0.1) is 18.1 Å². The molecule has 1 heterocycles. The molecule has 3 N–H and O–H groups in total. The van der Waals surface area contributed by atoms with E-state index in [4.69, 9.17) is 10.5 Å². The van der Waals surface area contributed by atoms with Crippen LogP contribution < -0.4 is 11.1 Å². The summed E-state index contributed by atoms with van der Waals surface area (Å²) in [4.78, 5) is 12.1. The Balaban J connectivity index is 0.00000364. The lowest BCUT2D eigenvalue weighted by Gasteiger charge is -2.26. The van der Waals surface area contributed by atoms with Crippen molar-refractivity contribution in [2.75, 3.05) is 32.8 Å². The number of carbonyl (C=O) groups excluding carboxylic acids is 1. The van der Waals surface area contributed by atoms with E-state index < -0.39 is 10.0 Å². The van der Waals surface area contributed by atoms with Crippen LogP contribution in [-0.2, 0) is 26.1 Å². The second-order valence-electron chi connectivity index (χ2n) is 6.39. The fraction of sp³-hybridized carbons (Fsp3) is 0.611.